The van der Waals surface area contributed by atoms with Crippen molar-refractivity contribution in [2.45, 2.75) is 20.0 Å². The Hall–Kier alpha value is -2.50. The van der Waals surface area contributed by atoms with Gasteiger partial charge in [0.25, 0.3) is 0 Å². The minimum atomic E-state index is 0.780. The van der Waals surface area contributed by atoms with Crippen molar-refractivity contribution in [3.8, 4) is 10.6 Å². The molecule has 0 saturated carbocycles. The lowest BCUT2D eigenvalue weighted by Gasteiger charge is -2.18. The number of H-pyrrole nitrogens is 1. The second-order valence-electron chi connectivity index (χ2n) is 6.33. The highest BCUT2D eigenvalue weighted by Crippen LogP contribution is 2.30. The van der Waals surface area contributed by atoms with Crippen molar-refractivity contribution in [3.63, 3.8) is 0 Å². The summed E-state index contributed by atoms with van der Waals surface area (Å²) >= 11 is 1.74. The van der Waals surface area contributed by atoms with Gasteiger partial charge in [-0.3, -0.25) is 4.90 Å². The lowest BCUT2D eigenvalue weighted by molar-refractivity contribution is 0.312. The van der Waals surface area contributed by atoms with Gasteiger partial charge in [0.2, 0.25) is 0 Å². The largest absolute Gasteiger partial charge is 0.348 e. The van der Waals surface area contributed by atoms with Crippen LogP contribution in [-0.2, 0) is 13.1 Å². The molecule has 0 aliphatic rings. The van der Waals surface area contributed by atoms with Crippen LogP contribution < -0.4 is 0 Å². The van der Waals surface area contributed by atoms with Gasteiger partial charge >= 0.3 is 0 Å². The molecule has 0 amide bonds. The minimum absolute atomic E-state index is 0.780. The number of imidazole rings is 1. The molecule has 0 bridgehead atoms. The average Bonchev–Trinajstić information content (AvgIpc) is 3.28. The SMILES string of the molecule is Cc1cccc2cc(CN(C)Cc3ncc[nH]3)c(-c3cccs3)nc12. The van der Waals surface area contributed by atoms with Gasteiger partial charge in [0, 0.05) is 24.3 Å². The predicted molar refractivity (Wildman–Crippen MR) is 104 cm³/mol. The monoisotopic (exact) mass is 348 g/mol. The molecule has 0 fully saturated rings. The molecule has 0 unspecified atom stereocenters. The Morgan fingerprint density at radius 2 is 2.08 bits per heavy atom. The van der Waals surface area contributed by atoms with Gasteiger partial charge in [-0.1, -0.05) is 24.3 Å². The van der Waals surface area contributed by atoms with Crippen LogP contribution >= 0.6 is 11.3 Å². The number of benzene rings is 1. The molecule has 1 N–H and O–H groups in total. The zero-order valence-electron chi connectivity index (χ0n) is 14.4. The first kappa shape index (κ1) is 16.0. The van der Waals surface area contributed by atoms with E-state index in [-0.39, 0.29) is 0 Å². The lowest BCUT2D eigenvalue weighted by atomic mass is 10.0. The van der Waals surface area contributed by atoms with Gasteiger partial charge in [0.1, 0.15) is 5.82 Å². The molecule has 0 atom stereocenters. The van der Waals surface area contributed by atoms with Crippen LogP contribution in [0.2, 0.25) is 0 Å². The molecule has 0 aliphatic carbocycles. The van der Waals surface area contributed by atoms with Crippen molar-refractivity contribution in [2.75, 3.05) is 7.05 Å². The smallest absolute Gasteiger partial charge is 0.120 e. The van der Waals surface area contributed by atoms with Crippen LogP contribution in [0.1, 0.15) is 17.0 Å². The summed E-state index contributed by atoms with van der Waals surface area (Å²) in [5.41, 5.74) is 4.63. The van der Waals surface area contributed by atoms with Crippen molar-refractivity contribution in [3.05, 3.63) is 71.1 Å². The molecule has 3 aromatic heterocycles. The summed E-state index contributed by atoms with van der Waals surface area (Å²) in [4.78, 5) is 16.0. The van der Waals surface area contributed by atoms with E-state index in [1.54, 1.807) is 17.5 Å². The van der Waals surface area contributed by atoms with E-state index in [4.69, 9.17) is 4.98 Å². The maximum atomic E-state index is 5.03. The number of para-hydroxylation sites is 1. The maximum absolute atomic E-state index is 5.03. The summed E-state index contributed by atoms with van der Waals surface area (Å²) in [6, 6.07) is 12.9. The first-order valence-corrected chi connectivity index (χ1v) is 9.18. The second kappa shape index (κ2) is 6.78. The van der Waals surface area contributed by atoms with Crippen LogP contribution in [0, 0.1) is 6.92 Å². The highest BCUT2D eigenvalue weighted by Gasteiger charge is 2.13. The molecule has 4 rings (SSSR count). The van der Waals surface area contributed by atoms with Gasteiger partial charge in [0.05, 0.1) is 22.6 Å². The molecule has 25 heavy (non-hydrogen) atoms. The standard InChI is InChI=1S/C20H20N4S/c1-14-5-3-6-15-11-16(12-24(2)13-18-21-8-9-22-18)20(23-19(14)15)17-7-4-10-25-17/h3-11H,12-13H2,1-2H3,(H,21,22). The number of fused-ring (bicyclic) bond motifs is 1. The summed E-state index contributed by atoms with van der Waals surface area (Å²) in [6.45, 7) is 3.73. The maximum Gasteiger partial charge on any atom is 0.120 e. The van der Waals surface area contributed by atoms with Crippen molar-refractivity contribution < 1.29 is 0 Å². The number of rotatable bonds is 5. The summed E-state index contributed by atoms with van der Waals surface area (Å²) in [6.07, 6.45) is 3.65. The van der Waals surface area contributed by atoms with Gasteiger partial charge in [-0.05, 0) is 42.6 Å². The first-order chi connectivity index (χ1) is 12.2. The number of thiophene rings is 1. The van der Waals surface area contributed by atoms with Crippen LogP contribution in [0.25, 0.3) is 21.5 Å². The molecular formula is C20H20N4S. The van der Waals surface area contributed by atoms with Crippen LogP contribution in [0.4, 0.5) is 0 Å². The zero-order valence-corrected chi connectivity index (χ0v) is 15.2. The molecule has 0 radical (unpaired) electrons. The molecule has 4 nitrogen and oxygen atoms in total. The van der Waals surface area contributed by atoms with Gasteiger partial charge in [0.15, 0.2) is 0 Å². The second-order valence-corrected chi connectivity index (χ2v) is 7.28. The highest BCUT2D eigenvalue weighted by molar-refractivity contribution is 7.13. The summed E-state index contributed by atoms with van der Waals surface area (Å²) in [5.74, 6) is 0.977. The van der Waals surface area contributed by atoms with Gasteiger partial charge in [-0.2, -0.15) is 0 Å². The van der Waals surface area contributed by atoms with E-state index >= 15 is 0 Å². The molecule has 5 heteroatoms. The molecule has 0 saturated heterocycles. The van der Waals surface area contributed by atoms with E-state index in [1.807, 2.05) is 6.20 Å². The van der Waals surface area contributed by atoms with E-state index in [0.29, 0.717) is 0 Å². The quantitative estimate of drug-likeness (QED) is 0.572. The minimum Gasteiger partial charge on any atom is -0.348 e. The zero-order chi connectivity index (χ0) is 17.2. The Morgan fingerprint density at radius 1 is 1.16 bits per heavy atom. The topological polar surface area (TPSA) is 44.8 Å². The third-order valence-corrected chi connectivity index (χ3v) is 5.17. The molecule has 1 aromatic carbocycles. The predicted octanol–water partition coefficient (Wildman–Crippen LogP) is 4.63. The third kappa shape index (κ3) is 3.34. The molecule has 126 valence electrons. The van der Waals surface area contributed by atoms with Crippen LogP contribution in [-0.4, -0.2) is 26.9 Å². The lowest BCUT2D eigenvalue weighted by Crippen LogP contribution is -2.18. The van der Waals surface area contributed by atoms with E-state index < -0.39 is 0 Å². The molecule has 3 heterocycles. The number of aromatic nitrogens is 3. The normalized spacial score (nSPS) is 11.5. The number of aromatic amines is 1. The number of nitrogens with one attached hydrogen (secondary N) is 1. The summed E-state index contributed by atoms with van der Waals surface area (Å²) < 4.78 is 0. The van der Waals surface area contributed by atoms with Gasteiger partial charge in [-0.25, -0.2) is 9.97 Å². The Bertz CT molecular complexity index is 975. The third-order valence-electron chi connectivity index (χ3n) is 4.30. The van der Waals surface area contributed by atoms with Gasteiger partial charge < -0.3 is 4.98 Å². The average molecular weight is 348 g/mol. The van der Waals surface area contributed by atoms with E-state index in [0.717, 1.165) is 30.1 Å². The van der Waals surface area contributed by atoms with E-state index in [9.17, 15) is 0 Å². The van der Waals surface area contributed by atoms with Crippen molar-refractivity contribution >= 4 is 22.2 Å². The fraction of sp³-hybridized carbons (Fsp3) is 0.200. The number of hydrogen-bond donors (Lipinski definition) is 1. The fourth-order valence-electron chi connectivity index (χ4n) is 3.12. The van der Waals surface area contributed by atoms with E-state index in [1.165, 1.54) is 21.4 Å². The number of nitrogens with zero attached hydrogens (tertiary/aromatic N) is 3. The summed E-state index contributed by atoms with van der Waals surface area (Å²) in [5, 5.41) is 3.30. The molecular weight excluding hydrogens is 328 g/mol. The molecule has 4 aromatic rings. The molecule has 0 spiro atoms. The van der Waals surface area contributed by atoms with Crippen molar-refractivity contribution in [2.24, 2.45) is 0 Å². The van der Waals surface area contributed by atoms with Crippen molar-refractivity contribution in [1.82, 2.24) is 19.9 Å². The van der Waals surface area contributed by atoms with Crippen LogP contribution in [0.3, 0.4) is 0 Å². The van der Waals surface area contributed by atoms with Crippen LogP contribution in [0.15, 0.2) is 54.2 Å². The fourth-order valence-corrected chi connectivity index (χ4v) is 3.87. The Balaban J connectivity index is 1.74. The Kier molecular flexibility index (Phi) is 4.34. The van der Waals surface area contributed by atoms with Crippen LogP contribution in [0.5, 0.6) is 0 Å². The molecule has 0 aliphatic heterocycles. The Morgan fingerprint density at radius 3 is 2.84 bits per heavy atom. The Labute approximate surface area is 151 Å². The number of hydrogen-bond acceptors (Lipinski definition) is 4. The van der Waals surface area contributed by atoms with E-state index in [2.05, 4.69) is 70.6 Å². The van der Waals surface area contributed by atoms with Gasteiger partial charge in [-0.15, -0.1) is 11.3 Å². The number of pyridine rings is 1. The first-order valence-electron chi connectivity index (χ1n) is 8.30. The highest BCUT2D eigenvalue weighted by atomic mass is 32.1. The summed E-state index contributed by atoms with van der Waals surface area (Å²) in [7, 11) is 2.11. The van der Waals surface area contributed by atoms with Crippen molar-refractivity contribution in [1.29, 1.82) is 0 Å². The number of aryl methyl sites for hydroxylation is 1.